The summed E-state index contributed by atoms with van der Waals surface area (Å²) in [7, 11) is 0. The summed E-state index contributed by atoms with van der Waals surface area (Å²) in [5.41, 5.74) is 0. The molecule has 3 aliphatic rings. The fourth-order valence-corrected chi connectivity index (χ4v) is 3.71. The van der Waals surface area contributed by atoms with Crippen molar-refractivity contribution < 1.29 is 9.59 Å². The Labute approximate surface area is 110 Å². The third-order valence-corrected chi connectivity index (χ3v) is 4.71. The smallest absolute Gasteiger partial charge is 0.274 e. The van der Waals surface area contributed by atoms with E-state index in [9.17, 15) is 9.59 Å². The van der Waals surface area contributed by atoms with Gasteiger partial charge in [-0.05, 0) is 12.8 Å². The number of amidine groups is 1. The maximum Gasteiger partial charge on any atom is 0.274 e. The predicted octanol–water partition coefficient (Wildman–Crippen LogP) is 0.749. The van der Waals surface area contributed by atoms with Crippen molar-refractivity contribution in [3.8, 4) is 0 Å². The molecule has 1 unspecified atom stereocenters. The van der Waals surface area contributed by atoms with E-state index < -0.39 is 6.04 Å². The summed E-state index contributed by atoms with van der Waals surface area (Å²) in [5, 5.41) is 3.80. The average molecular weight is 267 g/mol. The third-order valence-electron chi connectivity index (χ3n) is 3.75. The van der Waals surface area contributed by atoms with E-state index in [1.165, 1.54) is 31.0 Å². The van der Waals surface area contributed by atoms with Gasteiger partial charge in [0.15, 0.2) is 11.2 Å². The zero-order valence-corrected chi connectivity index (χ0v) is 11.0. The number of thioether (sulfide) groups is 1. The van der Waals surface area contributed by atoms with Gasteiger partial charge in [0.25, 0.3) is 11.8 Å². The van der Waals surface area contributed by atoms with Crippen LogP contribution in [0.3, 0.4) is 0 Å². The van der Waals surface area contributed by atoms with E-state index in [2.05, 4.69) is 10.3 Å². The summed E-state index contributed by atoms with van der Waals surface area (Å²) < 4.78 is 0. The maximum absolute atomic E-state index is 12.2. The number of rotatable bonds is 2. The molecular weight excluding hydrogens is 250 g/mol. The Morgan fingerprint density at radius 1 is 1.22 bits per heavy atom. The van der Waals surface area contributed by atoms with E-state index in [1.807, 2.05) is 0 Å². The summed E-state index contributed by atoms with van der Waals surface area (Å²) in [4.78, 5) is 29.8. The van der Waals surface area contributed by atoms with Crippen molar-refractivity contribution in [2.75, 3.05) is 12.3 Å². The molecule has 18 heavy (non-hydrogen) atoms. The Hall–Kier alpha value is -0.880. The van der Waals surface area contributed by atoms with Crippen LogP contribution in [-0.4, -0.2) is 46.3 Å². The second kappa shape index (κ2) is 5.01. The second-order valence-electron chi connectivity index (χ2n) is 5.01. The molecule has 0 spiro atoms. The number of carbonyl (C=O) groups is 2. The van der Waals surface area contributed by atoms with E-state index in [1.54, 1.807) is 4.90 Å². The highest BCUT2D eigenvalue weighted by atomic mass is 32.2. The highest BCUT2D eigenvalue weighted by Gasteiger charge is 2.41. The van der Waals surface area contributed by atoms with Crippen molar-refractivity contribution in [3.63, 3.8) is 0 Å². The first-order valence-corrected chi connectivity index (χ1v) is 7.57. The van der Waals surface area contributed by atoms with Gasteiger partial charge >= 0.3 is 0 Å². The lowest BCUT2D eigenvalue weighted by molar-refractivity contribution is -0.136. The highest BCUT2D eigenvalue weighted by molar-refractivity contribution is 8.14. The molecule has 2 amide bonds. The first-order valence-electron chi connectivity index (χ1n) is 6.58. The lowest BCUT2D eigenvalue weighted by atomic mass is 9.94. The van der Waals surface area contributed by atoms with Gasteiger partial charge in [-0.1, -0.05) is 31.0 Å². The molecule has 0 radical (unpaired) electrons. The number of hydrogen-bond donors (Lipinski definition) is 1. The second-order valence-corrected chi connectivity index (χ2v) is 6.07. The van der Waals surface area contributed by atoms with Crippen molar-refractivity contribution in [1.82, 2.24) is 10.2 Å². The molecule has 0 aromatic rings. The number of hydrogen-bond acceptors (Lipinski definition) is 4. The van der Waals surface area contributed by atoms with Crippen LogP contribution in [0.1, 0.15) is 32.1 Å². The molecule has 0 aromatic carbocycles. The Balaban J connectivity index is 1.72. The highest BCUT2D eigenvalue weighted by Crippen LogP contribution is 2.24. The lowest BCUT2D eigenvalue weighted by Gasteiger charge is -2.30. The molecular formula is C12H17N3O2S. The molecule has 5 nitrogen and oxygen atoms in total. The van der Waals surface area contributed by atoms with Gasteiger partial charge in [-0.3, -0.25) is 19.8 Å². The number of fused-ring (bicyclic) bond motifs is 1. The number of aliphatic imine (C=N–C) groups is 1. The Kier molecular flexibility index (Phi) is 3.39. The zero-order chi connectivity index (χ0) is 12.5. The summed E-state index contributed by atoms with van der Waals surface area (Å²) in [6, 6.07) is -0.445. The Morgan fingerprint density at radius 3 is 2.78 bits per heavy atom. The van der Waals surface area contributed by atoms with E-state index in [4.69, 9.17) is 0 Å². The minimum atomic E-state index is -0.740. The van der Waals surface area contributed by atoms with Crippen molar-refractivity contribution in [3.05, 3.63) is 0 Å². The van der Waals surface area contributed by atoms with Gasteiger partial charge in [-0.15, -0.1) is 0 Å². The van der Waals surface area contributed by atoms with Crippen LogP contribution in [-0.2, 0) is 9.59 Å². The standard InChI is InChI=1S/C12H17N3O2S/c16-10-9(13-8-4-2-1-3-5-8)11(17)15-6-7-18-12(15)14-10/h8-9,13H,1-7H2. The first kappa shape index (κ1) is 12.2. The molecule has 98 valence electrons. The van der Waals surface area contributed by atoms with Gasteiger partial charge in [0, 0.05) is 18.3 Å². The van der Waals surface area contributed by atoms with Gasteiger partial charge < -0.3 is 0 Å². The molecule has 6 heteroatoms. The fourth-order valence-electron chi connectivity index (χ4n) is 2.77. The topological polar surface area (TPSA) is 61.8 Å². The molecule has 2 fully saturated rings. The zero-order valence-electron chi connectivity index (χ0n) is 10.2. The van der Waals surface area contributed by atoms with Crippen molar-refractivity contribution in [2.45, 2.75) is 44.2 Å². The summed E-state index contributed by atoms with van der Waals surface area (Å²) in [5.74, 6) is 0.417. The van der Waals surface area contributed by atoms with Gasteiger partial charge in [0.1, 0.15) is 0 Å². The van der Waals surface area contributed by atoms with Crippen molar-refractivity contribution in [1.29, 1.82) is 0 Å². The van der Waals surface area contributed by atoms with Crippen LogP contribution in [0.2, 0.25) is 0 Å². The summed E-state index contributed by atoms with van der Waals surface area (Å²) in [6.45, 7) is 0.679. The van der Waals surface area contributed by atoms with E-state index in [-0.39, 0.29) is 11.8 Å². The minimum absolute atomic E-state index is 0.111. The molecule has 1 N–H and O–H groups in total. The van der Waals surface area contributed by atoms with Gasteiger partial charge in [-0.2, -0.15) is 4.99 Å². The van der Waals surface area contributed by atoms with Crippen LogP contribution in [0.4, 0.5) is 0 Å². The first-order chi connectivity index (χ1) is 8.75. The normalized spacial score (nSPS) is 29.4. The maximum atomic E-state index is 12.2. The Bertz CT molecular complexity index is 404. The van der Waals surface area contributed by atoms with Crippen LogP contribution in [0.15, 0.2) is 4.99 Å². The van der Waals surface area contributed by atoms with Gasteiger partial charge in [-0.25, -0.2) is 0 Å². The third kappa shape index (κ3) is 2.19. The molecule has 2 aliphatic heterocycles. The van der Waals surface area contributed by atoms with Crippen LogP contribution >= 0.6 is 11.8 Å². The van der Waals surface area contributed by atoms with E-state index in [0.717, 1.165) is 18.6 Å². The Morgan fingerprint density at radius 2 is 2.00 bits per heavy atom. The molecule has 1 saturated heterocycles. The summed E-state index contributed by atoms with van der Waals surface area (Å²) >= 11 is 1.49. The molecule has 1 aliphatic carbocycles. The number of carbonyl (C=O) groups excluding carboxylic acids is 2. The largest absolute Gasteiger partial charge is 0.295 e. The average Bonchev–Trinajstić information content (AvgIpc) is 2.84. The van der Waals surface area contributed by atoms with Crippen LogP contribution < -0.4 is 5.32 Å². The number of nitrogens with zero attached hydrogens (tertiary/aromatic N) is 2. The molecule has 1 saturated carbocycles. The van der Waals surface area contributed by atoms with Crippen LogP contribution in [0.25, 0.3) is 0 Å². The lowest BCUT2D eigenvalue weighted by Crippen LogP contribution is -2.56. The van der Waals surface area contributed by atoms with Crippen LogP contribution in [0, 0.1) is 0 Å². The van der Waals surface area contributed by atoms with Crippen molar-refractivity contribution >= 4 is 28.7 Å². The molecule has 0 bridgehead atoms. The molecule has 3 rings (SSSR count). The van der Waals surface area contributed by atoms with E-state index in [0.29, 0.717) is 17.8 Å². The van der Waals surface area contributed by atoms with Crippen LogP contribution in [0.5, 0.6) is 0 Å². The number of nitrogens with one attached hydrogen (secondary N) is 1. The van der Waals surface area contributed by atoms with E-state index >= 15 is 0 Å². The number of amides is 2. The van der Waals surface area contributed by atoms with Gasteiger partial charge in [0.2, 0.25) is 0 Å². The SMILES string of the molecule is O=C1N=C2SCCN2C(=O)C1NC1CCCCC1. The molecule has 0 aromatic heterocycles. The van der Waals surface area contributed by atoms with Crippen molar-refractivity contribution in [2.24, 2.45) is 4.99 Å². The fraction of sp³-hybridized carbons (Fsp3) is 0.750. The molecule has 2 heterocycles. The quantitative estimate of drug-likeness (QED) is 0.750. The summed E-state index contributed by atoms with van der Waals surface area (Å²) in [6.07, 6.45) is 5.74. The minimum Gasteiger partial charge on any atom is -0.295 e. The monoisotopic (exact) mass is 267 g/mol. The molecule has 1 atom stereocenters. The van der Waals surface area contributed by atoms with Gasteiger partial charge in [0.05, 0.1) is 0 Å². The predicted molar refractivity (Wildman–Crippen MR) is 70.4 cm³/mol.